The quantitative estimate of drug-likeness (QED) is 0.424. The number of benzene rings is 2. The highest BCUT2D eigenvalue weighted by atomic mass is 35.5. The number of anilines is 2. The number of allylic oxidation sites excluding steroid dienone is 4. The molecule has 0 saturated carbocycles. The van der Waals surface area contributed by atoms with Gasteiger partial charge in [0.1, 0.15) is 17.3 Å². The summed E-state index contributed by atoms with van der Waals surface area (Å²) in [6, 6.07) is 17.8. The van der Waals surface area contributed by atoms with Crippen LogP contribution in [0.3, 0.4) is 0 Å². The van der Waals surface area contributed by atoms with Crippen molar-refractivity contribution in [3.05, 3.63) is 105 Å². The van der Waals surface area contributed by atoms with Gasteiger partial charge in [-0.1, -0.05) is 48.9 Å². The third-order valence-electron chi connectivity index (χ3n) is 5.82. The number of aliphatic carboxylic acids is 1. The molecular formula is C27H26ClN3O5. The van der Waals surface area contributed by atoms with Gasteiger partial charge in [-0.15, -0.1) is 0 Å². The standard InChI is InChI=1S/C27H26ClN3O5/c1-18(26(33)34)16-31-25(32)15-24(30(27(31)35)17-19-7-9-20(28)10-8-19)29-21-11-13-23(14-12-21)36-22-5-3-2-4-6-22/h2-7,9-15,18-19,29H,8,16-17H2,1H3,(H,33,34)/t18-,19?/m0/s1. The third-order valence-corrected chi connectivity index (χ3v) is 6.10. The van der Waals surface area contributed by atoms with Crippen LogP contribution in [0.1, 0.15) is 13.3 Å². The van der Waals surface area contributed by atoms with E-state index in [2.05, 4.69) is 5.32 Å². The lowest BCUT2D eigenvalue weighted by molar-refractivity contribution is -0.141. The van der Waals surface area contributed by atoms with Crippen LogP contribution in [0.25, 0.3) is 0 Å². The molecule has 0 aliphatic heterocycles. The van der Waals surface area contributed by atoms with Gasteiger partial charge in [-0.2, -0.15) is 0 Å². The highest BCUT2D eigenvalue weighted by Gasteiger charge is 2.20. The van der Waals surface area contributed by atoms with Crippen molar-refractivity contribution in [3.63, 3.8) is 0 Å². The molecule has 186 valence electrons. The molecule has 0 bridgehead atoms. The number of rotatable bonds is 9. The van der Waals surface area contributed by atoms with Crippen LogP contribution >= 0.6 is 11.6 Å². The summed E-state index contributed by atoms with van der Waals surface area (Å²) in [7, 11) is 0. The number of ether oxygens (including phenoxy) is 1. The van der Waals surface area contributed by atoms with Crippen molar-refractivity contribution < 1.29 is 14.6 Å². The molecule has 2 aromatic carbocycles. The molecule has 36 heavy (non-hydrogen) atoms. The Morgan fingerprint density at radius 2 is 1.81 bits per heavy atom. The molecule has 0 fully saturated rings. The maximum absolute atomic E-state index is 13.4. The minimum atomic E-state index is -1.08. The van der Waals surface area contributed by atoms with Gasteiger partial charge in [-0.25, -0.2) is 4.79 Å². The van der Waals surface area contributed by atoms with Crippen molar-refractivity contribution in [2.45, 2.75) is 26.4 Å². The van der Waals surface area contributed by atoms with Crippen molar-refractivity contribution in [2.24, 2.45) is 11.8 Å². The summed E-state index contributed by atoms with van der Waals surface area (Å²) in [6.45, 7) is 1.53. The summed E-state index contributed by atoms with van der Waals surface area (Å²) in [5.41, 5.74) is -0.490. The topological polar surface area (TPSA) is 103 Å². The van der Waals surface area contributed by atoms with Crippen LogP contribution in [-0.2, 0) is 17.9 Å². The van der Waals surface area contributed by atoms with Gasteiger partial charge in [0.05, 0.1) is 5.92 Å². The summed E-state index contributed by atoms with van der Waals surface area (Å²) in [5.74, 6) is -0.330. The van der Waals surface area contributed by atoms with Crippen molar-refractivity contribution in [3.8, 4) is 11.5 Å². The Morgan fingerprint density at radius 1 is 1.11 bits per heavy atom. The molecule has 0 radical (unpaired) electrons. The second-order valence-electron chi connectivity index (χ2n) is 8.62. The number of para-hydroxylation sites is 1. The molecule has 8 nitrogen and oxygen atoms in total. The molecule has 2 N–H and O–H groups in total. The fourth-order valence-corrected chi connectivity index (χ4v) is 3.96. The van der Waals surface area contributed by atoms with Crippen LogP contribution in [0.4, 0.5) is 11.5 Å². The molecule has 1 aliphatic rings. The molecule has 4 rings (SSSR count). The Bertz CT molecular complexity index is 1410. The van der Waals surface area contributed by atoms with E-state index in [0.717, 1.165) is 4.57 Å². The largest absolute Gasteiger partial charge is 0.481 e. The summed E-state index contributed by atoms with van der Waals surface area (Å²) in [6.07, 6.45) is 6.21. The molecule has 0 amide bonds. The minimum absolute atomic E-state index is 0.0183. The minimum Gasteiger partial charge on any atom is -0.481 e. The van der Waals surface area contributed by atoms with E-state index in [1.54, 1.807) is 30.3 Å². The number of nitrogens with one attached hydrogen (secondary N) is 1. The van der Waals surface area contributed by atoms with Crippen molar-refractivity contribution >= 4 is 29.1 Å². The number of hydrogen-bond acceptors (Lipinski definition) is 5. The van der Waals surface area contributed by atoms with Gasteiger partial charge >= 0.3 is 11.7 Å². The summed E-state index contributed by atoms with van der Waals surface area (Å²) in [4.78, 5) is 37.5. The number of carbonyl (C=O) groups is 1. The first-order valence-corrected chi connectivity index (χ1v) is 11.9. The normalized spacial score (nSPS) is 15.7. The van der Waals surface area contributed by atoms with Gasteiger partial charge < -0.3 is 15.2 Å². The number of nitrogens with zero attached hydrogens (tertiary/aromatic N) is 2. The van der Waals surface area contributed by atoms with Crippen molar-refractivity contribution in [1.29, 1.82) is 0 Å². The van der Waals surface area contributed by atoms with E-state index in [1.165, 1.54) is 17.6 Å². The lowest BCUT2D eigenvalue weighted by Gasteiger charge is -2.21. The molecule has 1 unspecified atom stereocenters. The van der Waals surface area contributed by atoms with E-state index in [-0.39, 0.29) is 19.0 Å². The van der Waals surface area contributed by atoms with Crippen LogP contribution in [0.2, 0.25) is 0 Å². The zero-order valence-electron chi connectivity index (χ0n) is 19.6. The van der Waals surface area contributed by atoms with Gasteiger partial charge in [-0.3, -0.25) is 18.7 Å². The Morgan fingerprint density at radius 3 is 2.44 bits per heavy atom. The summed E-state index contributed by atoms with van der Waals surface area (Å²) in [5, 5.41) is 13.1. The first-order chi connectivity index (χ1) is 17.3. The summed E-state index contributed by atoms with van der Waals surface area (Å²) < 4.78 is 8.25. The first-order valence-electron chi connectivity index (χ1n) is 11.5. The SMILES string of the molecule is C[C@@H](Cn1c(=O)cc(Nc2ccc(Oc3ccccc3)cc2)n(CC2C=CC(Cl)=CC2)c1=O)C(=O)O. The van der Waals surface area contributed by atoms with Crippen LogP contribution in [0.5, 0.6) is 11.5 Å². The molecule has 1 heterocycles. The fourth-order valence-electron chi connectivity index (χ4n) is 3.80. The Hall–Kier alpha value is -4.04. The van der Waals surface area contributed by atoms with E-state index in [4.69, 9.17) is 16.3 Å². The number of halogens is 1. The Labute approximate surface area is 212 Å². The van der Waals surface area contributed by atoms with E-state index in [9.17, 15) is 19.5 Å². The second-order valence-corrected chi connectivity index (χ2v) is 9.06. The van der Waals surface area contributed by atoms with E-state index < -0.39 is 23.1 Å². The maximum atomic E-state index is 13.4. The van der Waals surface area contributed by atoms with Crippen LogP contribution in [0, 0.1) is 11.8 Å². The molecule has 2 atom stereocenters. The van der Waals surface area contributed by atoms with E-state index >= 15 is 0 Å². The van der Waals surface area contributed by atoms with E-state index in [0.29, 0.717) is 34.5 Å². The number of hydrogen-bond donors (Lipinski definition) is 2. The van der Waals surface area contributed by atoms with E-state index in [1.807, 2.05) is 42.5 Å². The number of carboxylic acid groups (broad SMARTS) is 1. The molecule has 1 aliphatic carbocycles. The molecule has 3 aromatic rings. The molecular weight excluding hydrogens is 482 g/mol. The zero-order chi connectivity index (χ0) is 25.7. The maximum Gasteiger partial charge on any atom is 0.332 e. The predicted octanol–water partition coefficient (Wildman–Crippen LogP) is 4.97. The average molecular weight is 508 g/mol. The Kier molecular flexibility index (Phi) is 7.75. The number of carboxylic acids is 1. The van der Waals surface area contributed by atoms with Crippen LogP contribution < -0.4 is 21.3 Å². The molecule has 0 spiro atoms. The third kappa shape index (κ3) is 6.14. The van der Waals surface area contributed by atoms with Gasteiger partial charge in [0.25, 0.3) is 5.56 Å². The van der Waals surface area contributed by atoms with Gasteiger partial charge in [0.2, 0.25) is 0 Å². The summed E-state index contributed by atoms with van der Waals surface area (Å²) >= 11 is 6.03. The predicted molar refractivity (Wildman–Crippen MR) is 139 cm³/mol. The second kappa shape index (κ2) is 11.1. The van der Waals surface area contributed by atoms with Gasteiger partial charge in [-0.05, 0) is 54.8 Å². The van der Waals surface area contributed by atoms with Gasteiger partial charge in [0.15, 0.2) is 0 Å². The highest BCUT2D eigenvalue weighted by molar-refractivity contribution is 6.31. The van der Waals surface area contributed by atoms with Crippen molar-refractivity contribution in [2.75, 3.05) is 5.32 Å². The molecule has 9 heteroatoms. The van der Waals surface area contributed by atoms with Crippen molar-refractivity contribution in [1.82, 2.24) is 9.13 Å². The molecule has 0 saturated heterocycles. The lowest BCUT2D eigenvalue weighted by atomic mass is 10.0. The fraction of sp³-hybridized carbons (Fsp3) is 0.222. The van der Waals surface area contributed by atoms with Crippen LogP contribution in [-0.4, -0.2) is 20.2 Å². The number of aromatic nitrogens is 2. The monoisotopic (exact) mass is 507 g/mol. The Balaban J connectivity index is 1.63. The average Bonchev–Trinajstić information content (AvgIpc) is 2.87. The lowest BCUT2D eigenvalue weighted by Crippen LogP contribution is -2.43. The zero-order valence-corrected chi connectivity index (χ0v) is 20.4. The van der Waals surface area contributed by atoms with Gasteiger partial charge in [0, 0.05) is 29.9 Å². The molecule has 1 aromatic heterocycles. The first kappa shape index (κ1) is 25.1. The smallest absolute Gasteiger partial charge is 0.332 e. The highest BCUT2D eigenvalue weighted by Crippen LogP contribution is 2.25. The van der Waals surface area contributed by atoms with Crippen LogP contribution in [0.15, 0.2) is 93.5 Å².